The molecule has 78 valence electrons. The average molecular weight is 203 g/mol. The molecule has 1 nitrogen and oxygen atoms in total. The zero-order valence-corrected chi connectivity index (χ0v) is 6.96. The summed E-state index contributed by atoms with van der Waals surface area (Å²) < 4.78 is 60.5. The summed E-state index contributed by atoms with van der Waals surface area (Å²) in [7, 11) is 0. The van der Waals surface area contributed by atoms with Crippen LogP contribution in [0, 0.1) is 0 Å². The summed E-state index contributed by atoms with van der Waals surface area (Å²) in [6.45, 7) is 1.05. The van der Waals surface area contributed by atoms with E-state index in [2.05, 4.69) is 0 Å². The van der Waals surface area contributed by atoms with E-state index in [4.69, 9.17) is 0 Å². The summed E-state index contributed by atoms with van der Waals surface area (Å²) >= 11 is 0. The van der Waals surface area contributed by atoms with E-state index in [0.29, 0.717) is 0 Å². The molecule has 1 N–H and O–H groups in total. The first-order valence-electron chi connectivity index (χ1n) is 3.91. The molecule has 1 unspecified atom stereocenters. The first-order valence-corrected chi connectivity index (χ1v) is 3.91. The van der Waals surface area contributed by atoms with Gasteiger partial charge in [-0.3, -0.25) is 5.32 Å². The second-order valence-corrected chi connectivity index (χ2v) is 3.35. The van der Waals surface area contributed by atoms with Crippen LogP contribution < -0.4 is 5.32 Å². The molecule has 1 aliphatic carbocycles. The molecule has 0 saturated heterocycles. The van der Waals surface area contributed by atoms with E-state index < -0.39 is 24.2 Å². The fraction of sp³-hybridized carbons (Fsp3) is 1.00. The number of alkyl halides is 5. The molecule has 6 heteroatoms. The van der Waals surface area contributed by atoms with Gasteiger partial charge in [0.2, 0.25) is 0 Å². The second kappa shape index (κ2) is 3.08. The molecule has 0 aromatic rings. The SMILES string of the molecule is CC(NC1(C(F)(F)F)CC1)C(F)F. The Labute approximate surface area is 72.3 Å². The second-order valence-electron chi connectivity index (χ2n) is 3.35. The molecule has 0 aromatic carbocycles. The van der Waals surface area contributed by atoms with E-state index in [1.807, 2.05) is 5.32 Å². The quantitative estimate of drug-likeness (QED) is 0.694. The molecular weight excluding hydrogens is 193 g/mol. The summed E-state index contributed by atoms with van der Waals surface area (Å²) in [5, 5.41) is 1.93. The van der Waals surface area contributed by atoms with Gasteiger partial charge in [0.15, 0.2) is 0 Å². The van der Waals surface area contributed by atoms with Gasteiger partial charge in [0.05, 0.1) is 6.04 Å². The van der Waals surface area contributed by atoms with Crippen LogP contribution >= 0.6 is 0 Å². The van der Waals surface area contributed by atoms with Gasteiger partial charge < -0.3 is 0 Å². The minimum Gasteiger partial charge on any atom is -0.296 e. The van der Waals surface area contributed by atoms with Crippen LogP contribution in [0.2, 0.25) is 0 Å². The molecule has 0 heterocycles. The third-order valence-electron chi connectivity index (χ3n) is 2.17. The highest BCUT2D eigenvalue weighted by Gasteiger charge is 2.63. The molecule has 1 rings (SSSR count). The predicted molar refractivity (Wildman–Crippen MR) is 36.6 cm³/mol. The molecule has 0 spiro atoms. The maximum absolute atomic E-state index is 12.2. The van der Waals surface area contributed by atoms with Crippen molar-refractivity contribution >= 4 is 0 Å². The maximum Gasteiger partial charge on any atom is 0.406 e. The monoisotopic (exact) mass is 203 g/mol. The van der Waals surface area contributed by atoms with Gasteiger partial charge in [-0.2, -0.15) is 13.2 Å². The van der Waals surface area contributed by atoms with Crippen molar-refractivity contribution < 1.29 is 22.0 Å². The van der Waals surface area contributed by atoms with Crippen molar-refractivity contribution in [3.63, 3.8) is 0 Å². The summed E-state index contributed by atoms with van der Waals surface area (Å²) in [4.78, 5) is 0. The van der Waals surface area contributed by atoms with Crippen molar-refractivity contribution in [3.8, 4) is 0 Å². The summed E-state index contributed by atoms with van der Waals surface area (Å²) in [6.07, 6.45) is -7.39. The van der Waals surface area contributed by atoms with Crippen LogP contribution in [0.3, 0.4) is 0 Å². The number of hydrogen-bond acceptors (Lipinski definition) is 1. The van der Waals surface area contributed by atoms with Gasteiger partial charge in [-0.05, 0) is 19.8 Å². The summed E-state index contributed by atoms with van der Waals surface area (Å²) in [5.74, 6) is 0. The van der Waals surface area contributed by atoms with Gasteiger partial charge in [-0.25, -0.2) is 8.78 Å². The Kier molecular flexibility index (Phi) is 2.53. The Bertz CT molecular complexity index is 184. The fourth-order valence-electron chi connectivity index (χ4n) is 1.13. The molecule has 0 aromatic heterocycles. The average Bonchev–Trinajstić information content (AvgIpc) is 2.66. The van der Waals surface area contributed by atoms with Gasteiger partial charge in [-0.1, -0.05) is 0 Å². The van der Waals surface area contributed by atoms with Gasteiger partial charge in [-0.15, -0.1) is 0 Å². The highest BCUT2D eigenvalue weighted by atomic mass is 19.4. The fourth-order valence-corrected chi connectivity index (χ4v) is 1.13. The molecule has 1 saturated carbocycles. The molecule has 0 bridgehead atoms. The zero-order valence-electron chi connectivity index (χ0n) is 6.96. The Hall–Kier alpha value is -0.390. The van der Waals surface area contributed by atoms with Crippen molar-refractivity contribution in [3.05, 3.63) is 0 Å². The smallest absolute Gasteiger partial charge is 0.296 e. The van der Waals surface area contributed by atoms with Crippen LogP contribution in [0.15, 0.2) is 0 Å². The van der Waals surface area contributed by atoms with Crippen molar-refractivity contribution in [1.82, 2.24) is 5.32 Å². The van der Waals surface area contributed by atoms with Crippen LogP contribution in [0.25, 0.3) is 0 Å². The standard InChI is InChI=1S/C7H10F5N/c1-4(5(8)9)13-6(2-3-6)7(10,11)12/h4-5,13H,2-3H2,1H3. The molecular formula is C7H10F5N. The summed E-state index contributed by atoms with van der Waals surface area (Å²) in [6, 6.07) is -1.41. The lowest BCUT2D eigenvalue weighted by atomic mass is 10.2. The van der Waals surface area contributed by atoms with Crippen molar-refractivity contribution in [1.29, 1.82) is 0 Å². The van der Waals surface area contributed by atoms with Crippen LogP contribution in [-0.2, 0) is 0 Å². The highest BCUT2D eigenvalue weighted by Crippen LogP contribution is 2.49. The van der Waals surface area contributed by atoms with Crippen molar-refractivity contribution in [2.75, 3.05) is 0 Å². The molecule has 1 fully saturated rings. The van der Waals surface area contributed by atoms with E-state index in [1.54, 1.807) is 0 Å². The van der Waals surface area contributed by atoms with Crippen molar-refractivity contribution in [2.24, 2.45) is 0 Å². The summed E-state index contributed by atoms with van der Waals surface area (Å²) in [5.41, 5.74) is -2.04. The third-order valence-corrected chi connectivity index (χ3v) is 2.17. The third kappa shape index (κ3) is 2.10. The Morgan fingerprint density at radius 2 is 1.69 bits per heavy atom. The number of rotatable bonds is 3. The first-order chi connectivity index (χ1) is 5.78. The van der Waals surface area contributed by atoms with Gasteiger partial charge in [0.1, 0.15) is 5.54 Å². The molecule has 13 heavy (non-hydrogen) atoms. The highest BCUT2D eigenvalue weighted by molar-refractivity contribution is 5.08. The normalized spacial score (nSPS) is 23.3. The first kappa shape index (κ1) is 10.7. The Balaban J connectivity index is 2.54. The Morgan fingerprint density at radius 1 is 1.23 bits per heavy atom. The van der Waals surface area contributed by atoms with Crippen LogP contribution in [0.5, 0.6) is 0 Å². The van der Waals surface area contributed by atoms with E-state index in [-0.39, 0.29) is 12.8 Å². The lowest BCUT2D eigenvalue weighted by molar-refractivity contribution is -0.169. The number of hydrogen-bond donors (Lipinski definition) is 1. The van der Waals surface area contributed by atoms with Gasteiger partial charge in [0, 0.05) is 0 Å². The number of halogens is 5. The van der Waals surface area contributed by atoms with Gasteiger partial charge >= 0.3 is 6.18 Å². The van der Waals surface area contributed by atoms with E-state index in [1.165, 1.54) is 0 Å². The minimum atomic E-state index is -4.42. The van der Waals surface area contributed by atoms with E-state index in [0.717, 1.165) is 6.92 Å². The lowest BCUT2D eigenvalue weighted by Crippen LogP contribution is -2.51. The topological polar surface area (TPSA) is 12.0 Å². The van der Waals surface area contributed by atoms with Crippen LogP contribution in [0.1, 0.15) is 19.8 Å². The Morgan fingerprint density at radius 3 is 1.92 bits per heavy atom. The molecule has 1 atom stereocenters. The predicted octanol–water partition coefficient (Wildman–Crippen LogP) is 2.32. The van der Waals surface area contributed by atoms with E-state index >= 15 is 0 Å². The maximum atomic E-state index is 12.2. The molecule has 0 aliphatic heterocycles. The van der Waals surface area contributed by atoms with Crippen LogP contribution in [0.4, 0.5) is 22.0 Å². The van der Waals surface area contributed by atoms with Crippen molar-refractivity contribution in [2.45, 2.75) is 43.9 Å². The molecule has 0 radical (unpaired) electrons. The zero-order chi connectivity index (χ0) is 10.3. The molecule has 1 aliphatic rings. The molecule has 0 amide bonds. The lowest BCUT2D eigenvalue weighted by Gasteiger charge is -2.24. The van der Waals surface area contributed by atoms with Gasteiger partial charge in [0.25, 0.3) is 6.43 Å². The largest absolute Gasteiger partial charge is 0.406 e. The van der Waals surface area contributed by atoms with Crippen LogP contribution in [-0.4, -0.2) is 24.2 Å². The van der Waals surface area contributed by atoms with E-state index in [9.17, 15) is 22.0 Å². The number of nitrogens with one attached hydrogen (secondary N) is 1. The minimum absolute atomic E-state index is 0.104.